The fraction of sp³-hybridized carbons (Fsp3) is 0.405. The molecule has 7 rings (SSSR count). The summed E-state index contributed by atoms with van der Waals surface area (Å²) in [6.07, 6.45) is 3.79. The van der Waals surface area contributed by atoms with Crippen molar-refractivity contribution in [3.05, 3.63) is 81.5 Å². The summed E-state index contributed by atoms with van der Waals surface area (Å²) < 4.78 is 43.9. The normalized spacial score (nSPS) is 18.4. The number of nitrogens with zero attached hydrogens (tertiary/aromatic N) is 5. The van der Waals surface area contributed by atoms with E-state index in [1.54, 1.807) is 52.2 Å². The van der Waals surface area contributed by atoms with Gasteiger partial charge in [-0.15, -0.1) is 0 Å². The number of likely N-dealkylation sites (N-methyl/N-ethyl adjacent to an activating group) is 1. The lowest BCUT2D eigenvalue weighted by atomic mass is 9.96. The molecule has 0 bridgehead atoms. The molecule has 1 amide bonds. The standard InChI is InChI=1S/C37H39F2N5O5/c1-7-48-35(46)23-11-10-22-9-8-20(18-44(22)34(23)45)25-16-40-27-14-24-28(42(6)36(47)49-37(2,3)4)15-26(38)32(39)30(24)31(27)33(25)43-13-12-21-17-41(5)19-29(21)43/h8-11,15-16,18,21,29H,7,12-14,17,19H2,1-6H3/t21-,29+/m0/s1. The van der Waals surface area contributed by atoms with Crippen molar-refractivity contribution >= 4 is 29.0 Å². The van der Waals surface area contributed by atoms with Gasteiger partial charge >= 0.3 is 12.1 Å². The van der Waals surface area contributed by atoms with E-state index < -0.39 is 34.9 Å². The number of hydrogen-bond donors (Lipinski definition) is 0. The summed E-state index contributed by atoms with van der Waals surface area (Å²) in [5.41, 5.74) is 2.89. The zero-order valence-corrected chi connectivity index (χ0v) is 28.5. The average molecular weight is 672 g/mol. The van der Waals surface area contributed by atoms with Gasteiger partial charge in [-0.25, -0.2) is 18.4 Å². The minimum atomic E-state index is -1.09. The molecule has 5 heterocycles. The Kier molecular flexibility index (Phi) is 7.97. The van der Waals surface area contributed by atoms with E-state index in [4.69, 9.17) is 14.5 Å². The van der Waals surface area contributed by atoms with Gasteiger partial charge in [0.25, 0.3) is 5.56 Å². The van der Waals surface area contributed by atoms with Crippen LogP contribution in [0.15, 0.2) is 47.5 Å². The highest BCUT2D eigenvalue weighted by Gasteiger charge is 2.44. The van der Waals surface area contributed by atoms with Gasteiger partial charge in [-0.3, -0.25) is 19.1 Å². The molecular weight excluding hydrogens is 632 g/mol. The first-order chi connectivity index (χ1) is 23.3. The van der Waals surface area contributed by atoms with Crippen LogP contribution in [-0.2, 0) is 15.9 Å². The SMILES string of the molecule is CCOC(=O)c1ccc2ccc(-c3cnc4c(c3N3CC[C@H]5CN(C)C[C@H]53)-c3c(F)c(F)cc(N(C)C(=O)OC(C)(C)C)c3C4)cn2c1=O. The number of halogens is 2. The molecule has 2 atom stereocenters. The predicted molar refractivity (Wildman–Crippen MR) is 182 cm³/mol. The van der Waals surface area contributed by atoms with Crippen LogP contribution < -0.4 is 15.4 Å². The highest BCUT2D eigenvalue weighted by Crippen LogP contribution is 2.52. The maximum absolute atomic E-state index is 16.2. The van der Waals surface area contributed by atoms with Crippen molar-refractivity contribution in [2.24, 2.45) is 5.92 Å². The van der Waals surface area contributed by atoms with Gasteiger partial charge in [0.05, 0.1) is 23.7 Å². The van der Waals surface area contributed by atoms with E-state index in [2.05, 4.69) is 16.8 Å². The van der Waals surface area contributed by atoms with E-state index in [1.165, 1.54) is 22.4 Å². The molecule has 49 heavy (non-hydrogen) atoms. The monoisotopic (exact) mass is 671 g/mol. The number of carbonyl (C=O) groups excluding carboxylic acids is 2. The second kappa shape index (κ2) is 11.9. The van der Waals surface area contributed by atoms with Gasteiger partial charge in [0.15, 0.2) is 11.6 Å². The summed E-state index contributed by atoms with van der Waals surface area (Å²) in [6.45, 7) is 9.45. The summed E-state index contributed by atoms with van der Waals surface area (Å²) in [5, 5.41) is 0. The van der Waals surface area contributed by atoms with E-state index in [9.17, 15) is 14.4 Å². The van der Waals surface area contributed by atoms with Crippen LogP contribution in [0, 0.1) is 17.6 Å². The minimum absolute atomic E-state index is 0.0714. The minimum Gasteiger partial charge on any atom is -0.462 e. The van der Waals surface area contributed by atoms with Gasteiger partial charge in [-0.05, 0) is 70.8 Å². The fourth-order valence-electron chi connectivity index (χ4n) is 7.60. The molecule has 4 aromatic rings. The van der Waals surface area contributed by atoms with E-state index in [0.717, 1.165) is 25.6 Å². The Morgan fingerprint density at radius 1 is 1.10 bits per heavy atom. The number of likely N-dealkylation sites (tertiary alicyclic amines) is 1. The van der Waals surface area contributed by atoms with Gasteiger partial charge < -0.3 is 19.3 Å². The Morgan fingerprint density at radius 2 is 1.86 bits per heavy atom. The smallest absolute Gasteiger partial charge is 0.414 e. The molecule has 3 aromatic heterocycles. The highest BCUT2D eigenvalue weighted by atomic mass is 19.2. The molecule has 0 N–H and O–H groups in total. The molecule has 0 radical (unpaired) electrons. The van der Waals surface area contributed by atoms with E-state index >= 15 is 8.78 Å². The number of benzene rings is 1. The number of ether oxygens (including phenoxy) is 2. The van der Waals surface area contributed by atoms with Crippen molar-refractivity contribution in [2.75, 3.05) is 50.1 Å². The molecule has 0 spiro atoms. The van der Waals surface area contributed by atoms with Gasteiger partial charge in [0.2, 0.25) is 0 Å². The Bertz CT molecular complexity index is 2090. The molecule has 1 aliphatic carbocycles. The zero-order valence-electron chi connectivity index (χ0n) is 28.5. The highest BCUT2D eigenvalue weighted by molar-refractivity contribution is 5.99. The molecular formula is C37H39F2N5O5. The quantitative estimate of drug-likeness (QED) is 0.213. The number of esters is 1. The van der Waals surface area contributed by atoms with Crippen molar-refractivity contribution in [3.8, 4) is 22.3 Å². The maximum atomic E-state index is 16.2. The molecule has 3 aliphatic rings. The number of amides is 1. The first kappa shape index (κ1) is 32.7. The first-order valence-electron chi connectivity index (χ1n) is 16.5. The lowest BCUT2D eigenvalue weighted by molar-refractivity contribution is 0.0522. The number of pyridine rings is 3. The van der Waals surface area contributed by atoms with Crippen molar-refractivity contribution in [1.29, 1.82) is 0 Å². The molecule has 1 aromatic carbocycles. The maximum Gasteiger partial charge on any atom is 0.414 e. The Balaban J connectivity index is 1.45. The van der Waals surface area contributed by atoms with Crippen molar-refractivity contribution in [1.82, 2.24) is 14.3 Å². The van der Waals surface area contributed by atoms with Crippen LogP contribution in [0.3, 0.4) is 0 Å². The Hall–Kier alpha value is -4.84. The summed E-state index contributed by atoms with van der Waals surface area (Å²) in [7, 11) is 3.56. The van der Waals surface area contributed by atoms with Crippen LogP contribution in [0.1, 0.15) is 55.7 Å². The third-order valence-corrected chi connectivity index (χ3v) is 9.73. The molecule has 2 aliphatic heterocycles. The lowest BCUT2D eigenvalue weighted by Gasteiger charge is -2.31. The number of fused-ring (bicyclic) bond motifs is 5. The summed E-state index contributed by atoms with van der Waals surface area (Å²) >= 11 is 0. The molecule has 2 fully saturated rings. The van der Waals surface area contributed by atoms with Crippen molar-refractivity contribution < 1.29 is 27.8 Å². The molecule has 0 saturated carbocycles. The number of hydrogen-bond acceptors (Lipinski definition) is 8. The number of carbonyl (C=O) groups is 2. The lowest BCUT2D eigenvalue weighted by Crippen LogP contribution is -2.35. The number of anilines is 2. The van der Waals surface area contributed by atoms with E-state index in [0.29, 0.717) is 51.6 Å². The molecule has 256 valence electrons. The Labute approximate surface area is 282 Å². The molecule has 0 unspecified atom stereocenters. The van der Waals surface area contributed by atoms with Gasteiger partial charge in [-0.1, -0.05) is 6.07 Å². The van der Waals surface area contributed by atoms with Crippen LogP contribution in [-0.4, -0.2) is 78.3 Å². The van der Waals surface area contributed by atoms with E-state index in [1.807, 2.05) is 6.07 Å². The second-order valence-electron chi connectivity index (χ2n) is 14.1. The van der Waals surface area contributed by atoms with Crippen molar-refractivity contribution in [2.45, 2.75) is 52.2 Å². The summed E-state index contributed by atoms with van der Waals surface area (Å²) in [4.78, 5) is 49.8. The van der Waals surface area contributed by atoms with Crippen LogP contribution in [0.2, 0.25) is 0 Å². The van der Waals surface area contributed by atoms with Gasteiger partial charge in [0, 0.05) is 85.4 Å². The van der Waals surface area contributed by atoms with Crippen LogP contribution in [0.4, 0.5) is 25.0 Å². The van der Waals surface area contributed by atoms with Crippen LogP contribution in [0.5, 0.6) is 0 Å². The average Bonchev–Trinajstić information content (AvgIpc) is 3.73. The largest absolute Gasteiger partial charge is 0.462 e. The van der Waals surface area contributed by atoms with Crippen molar-refractivity contribution in [3.63, 3.8) is 0 Å². The number of aromatic nitrogens is 2. The third kappa shape index (κ3) is 5.51. The molecule has 10 nitrogen and oxygen atoms in total. The van der Waals surface area contributed by atoms with Crippen LogP contribution >= 0.6 is 0 Å². The molecule has 2 saturated heterocycles. The van der Waals surface area contributed by atoms with E-state index in [-0.39, 0.29) is 35.9 Å². The number of rotatable bonds is 5. The van der Waals surface area contributed by atoms with Crippen LogP contribution in [0.25, 0.3) is 27.8 Å². The summed E-state index contributed by atoms with van der Waals surface area (Å²) in [5.74, 6) is -2.41. The second-order valence-corrected chi connectivity index (χ2v) is 14.1. The van der Waals surface area contributed by atoms with Gasteiger partial charge in [-0.2, -0.15) is 0 Å². The zero-order chi connectivity index (χ0) is 34.9. The predicted octanol–water partition coefficient (Wildman–Crippen LogP) is 5.90. The fourth-order valence-corrected chi connectivity index (χ4v) is 7.60. The van der Waals surface area contributed by atoms with Gasteiger partial charge in [0.1, 0.15) is 11.2 Å². The Morgan fingerprint density at radius 3 is 2.59 bits per heavy atom. The molecule has 12 heteroatoms. The topological polar surface area (TPSA) is 96.7 Å². The summed E-state index contributed by atoms with van der Waals surface area (Å²) in [6, 6.07) is 7.94. The first-order valence-corrected chi connectivity index (χ1v) is 16.5. The third-order valence-electron chi connectivity index (χ3n) is 9.73.